The van der Waals surface area contributed by atoms with Gasteiger partial charge >= 0.3 is 0 Å². The summed E-state index contributed by atoms with van der Waals surface area (Å²) in [5.41, 5.74) is 2.01. The van der Waals surface area contributed by atoms with Gasteiger partial charge in [0.2, 0.25) is 5.91 Å². The Morgan fingerprint density at radius 1 is 0.903 bits per heavy atom. The lowest BCUT2D eigenvalue weighted by molar-refractivity contribution is -0.138. The first kappa shape index (κ1) is 20.1. The summed E-state index contributed by atoms with van der Waals surface area (Å²) >= 11 is 6.08. The van der Waals surface area contributed by atoms with Gasteiger partial charge in [0.1, 0.15) is 0 Å². The summed E-state index contributed by atoms with van der Waals surface area (Å²) in [4.78, 5) is 30.5. The number of halogens is 1. The second-order valence-electron chi connectivity index (χ2n) is 8.47. The molecule has 0 spiro atoms. The van der Waals surface area contributed by atoms with Crippen molar-refractivity contribution >= 4 is 28.9 Å². The van der Waals surface area contributed by atoms with Crippen LogP contribution in [0.4, 0.5) is 0 Å². The van der Waals surface area contributed by atoms with E-state index in [0.717, 1.165) is 36.8 Å². The van der Waals surface area contributed by atoms with Gasteiger partial charge in [0.25, 0.3) is 5.91 Å². The highest BCUT2D eigenvalue weighted by molar-refractivity contribution is 6.30. The van der Waals surface area contributed by atoms with Crippen molar-refractivity contribution in [3.05, 3.63) is 71.0 Å². The summed E-state index contributed by atoms with van der Waals surface area (Å²) in [6.07, 6.45) is 7.32. The minimum Gasteiger partial charge on any atom is -0.338 e. The zero-order valence-corrected chi connectivity index (χ0v) is 18.1. The SMILES string of the molecule is O=C(c1cnn2ccccc12)N1CCN(C(=O)C2(c3ccc(Cl)cc3)CCCC2)CC1. The van der Waals surface area contributed by atoms with Crippen molar-refractivity contribution in [3.8, 4) is 0 Å². The Kier molecular flexibility index (Phi) is 5.18. The Bertz CT molecular complexity index is 1110. The highest BCUT2D eigenvalue weighted by Crippen LogP contribution is 2.43. The van der Waals surface area contributed by atoms with Crippen LogP contribution in [0.15, 0.2) is 54.9 Å². The molecule has 2 fully saturated rings. The molecule has 0 atom stereocenters. The average Bonchev–Trinajstić information content (AvgIpc) is 3.47. The first-order chi connectivity index (χ1) is 15.1. The normalized spacial score (nSPS) is 18.5. The zero-order valence-electron chi connectivity index (χ0n) is 17.3. The van der Waals surface area contributed by atoms with Crippen LogP contribution in [0.1, 0.15) is 41.6 Å². The molecular formula is C24H25ClN4O2. The number of nitrogens with zero attached hydrogens (tertiary/aromatic N) is 4. The van der Waals surface area contributed by atoms with Crippen molar-refractivity contribution in [1.82, 2.24) is 19.4 Å². The van der Waals surface area contributed by atoms with Crippen LogP contribution in [-0.2, 0) is 10.2 Å². The van der Waals surface area contributed by atoms with E-state index in [1.165, 1.54) is 0 Å². The Morgan fingerprint density at radius 2 is 1.58 bits per heavy atom. The quantitative estimate of drug-likeness (QED) is 0.627. The minimum atomic E-state index is -0.459. The smallest absolute Gasteiger partial charge is 0.257 e. The van der Waals surface area contributed by atoms with Crippen LogP contribution in [0, 0.1) is 0 Å². The molecule has 1 saturated heterocycles. The maximum absolute atomic E-state index is 13.7. The number of fused-ring (bicyclic) bond motifs is 1. The molecular weight excluding hydrogens is 412 g/mol. The van der Waals surface area contributed by atoms with Crippen molar-refractivity contribution in [3.63, 3.8) is 0 Å². The number of benzene rings is 1. The molecule has 3 aromatic rings. The molecule has 1 saturated carbocycles. The Labute approximate surface area is 186 Å². The molecule has 1 aliphatic heterocycles. The average molecular weight is 437 g/mol. The van der Waals surface area contributed by atoms with Gasteiger partial charge in [-0.2, -0.15) is 5.10 Å². The van der Waals surface area contributed by atoms with Gasteiger partial charge in [-0.15, -0.1) is 0 Å². The van der Waals surface area contributed by atoms with Crippen molar-refractivity contribution in [1.29, 1.82) is 0 Å². The fourth-order valence-corrected chi connectivity index (χ4v) is 5.18. The number of carbonyl (C=O) groups is 2. The topological polar surface area (TPSA) is 57.9 Å². The predicted molar refractivity (Wildman–Crippen MR) is 119 cm³/mol. The van der Waals surface area contributed by atoms with Crippen molar-refractivity contribution in [2.45, 2.75) is 31.1 Å². The Hall–Kier alpha value is -2.86. The van der Waals surface area contributed by atoms with Gasteiger partial charge in [-0.3, -0.25) is 9.59 Å². The van der Waals surface area contributed by atoms with Gasteiger partial charge in [0.05, 0.1) is 22.7 Å². The van der Waals surface area contributed by atoms with Gasteiger partial charge in [0.15, 0.2) is 0 Å². The lowest BCUT2D eigenvalue weighted by atomic mass is 9.77. The van der Waals surface area contributed by atoms with E-state index in [1.807, 2.05) is 58.5 Å². The number of pyridine rings is 1. The number of rotatable bonds is 3. The summed E-state index contributed by atoms with van der Waals surface area (Å²) in [5.74, 6) is 0.164. The second kappa shape index (κ2) is 8.00. The number of carbonyl (C=O) groups excluding carboxylic acids is 2. The first-order valence-electron chi connectivity index (χ1n) is 10.9. The van der Waals surface area contributed by atoms with E-state index in [2.05, 4.69) is 5.10 Å². The van der Waals surface area contributed by atoms with Gasteiger partial charge in [-0.25, -0.2) is 4.52 Å². The molecule has 2 aliphatic rings. The summed E-state index contributed by atoms with van der Waals surface area (Å²) in [6.45, 7) is 2.18. The molecule has 0 N–H and O–H groups in total. The molecule has 5 rings (SSSR count). The first-order valence-corrected chi connectivity index (χ1v) is 11.2. The maximum atomic E-state index is 13.7. The van der Waals surface area contributed by atoms with E-state index in [1.54, 1.807) is 10.7 Å². The van der Waals surface area contributed by atoms with Crippen LogP contribution < -0.4 is 0 Å². The standard InChI is InChI=1S/C24H25ClN4O2/c25-19-8-6-18(7-9-19)24(10-2-3-11-24)23(31)28-15-13-27(14-16-28)22(30)20-17-26-29-12-4-1-5-21(20)29/h1,4-9,12,17H,2-3,10-11,13-16H2. The third-order valence-electron chi connectivity index (χ3n) is 6.77. The van der Waals surface area contributed by atoms with Crippen molar-refractivity contribution in [2.75, 3.05) is 26.2 Å². The molecule has 31 heavy (non-hydrogen) atoms. The Morgan fingerprint density at radius 3 is 2.29 bits per heavy atom. The van der Waals surface area contributed by atoms with Crippen LogP contribution in [0.2, 0.25) is 5.02 Å². The molecule has 2 aromatic heterocycles. The van der Waals surface area contributed by atoms with Crippen LogP contribution in [-0.4, -0.2) is 57.4 Å². The highest BCUT2D eigenvalue weighted by atomic mass is 35.5. The van der Waals surface area contributed by atoms with Crippen LogP contribution in [0.5, 0.6) is 0 Å². The number of piperazine rings is 1. The summed E-state index contributed by atoms with van der Waals surface area (Å²) in [6, 6.07) is 13.4. The van der Waals surface area contributed by atoms with Gasteiger partial charge < -0.3 is 9.80 Å². The third kappa shape index (κ3) is 3.49. The van der Waals surface area contributed by atoms with Gasteiger partial charge in [-0.05, 0) is 42.7 Å². The van der Waals surface area contributed by atoms with Gasteiger partial charge in [-0.1, -0.05) is 42.6 Å². The third-order valence-corrected chi connectivity index (χ3v) is 7.03. The number of amides is 2. The molecule has 3 heterocycles. The Balaban J connectivity index is 1.31. The van der Waals surface area contributed by atoms with Gasteiger partial charge in [0, 0.05) is 37.4 Å². The van der Waals surface area contributed by atoms with Crippen molar-refractivity contribution < 1.29 is 9.59 Å². The molecule has 160 valence electrons. The molecule has 0 bridgehead atoms. The zero-order chi connectivity index (χ0) is 21.4. The predicted octanol–water partition coefficient (Wildman–Crippen LogP) is 3.78. The highest BCUT2D eigenvalue weighted by Gasteiger charge is 2.45. The van der Waals surface area contributed by atoms with Crippen LogP contribution in [0.25, 0.3) is 5.52 Å². The number of hydrogen-bond acceptors (Lipinski definition) is 3. The number of aromatic nitrogens is 2. The van der Waals surface area contributed by atoms with Crippen LogP contribution in [0.3, 0.4) is 0 Å². The lowest BCUT2D eigenvalue weighted by Crippen LogP contribution is -2.55. The summed E-state index contributed by atoms with van der Waals surface area (Å²) < 4.78 is 1.71. The van der Waals surface area contributed by atoms with Crippen molar-refractivity contribution in [2.24, 2.45) is 0 Å². The molecule has 2 amide bonds. The van der Waals surface area contributed by atoms with E-state index in [4.69, 9.17) is 11.6 Å². The van der Waals surface area contributed by atoms with E-state index in [-0.39, 0.29) is 11.8 Å². The van der Waals surface area contributed by atoms with Crippen LogP contribution >= 0.6 is 11.6 Å². The monoisotopic (exact) mass is 436 g/mol. The van der Waals surface area contributed by atoms with E-state index >= 15 is 0 Å². The fourth-order valence-electron chi connectivity index (χ4n) is 5.06. The fraction of sp³-hybridized carbons (Fsp3) is 0.375. The lowest BCUT2D eigenvalue weighted by Gasteiger charge is -2.40. The van der Waals surface area contributed by atoms with E-state index < -0.39 is 5.41 Å². The molecule has 6 nitrogen and oxygen atoms in total. The van der Waals surface area contributed by atoms with E-state index in [9.17, 15) is 9.59 Å². The molecule has 1 aromatic carbocycles. The maximum Gasteiger partial charge on any atom is 0.257 e. The molecule has 0 radical (unpaired) electrons. The van der Waals surface area contributed by atoms with E-state index in [0.29, 0.717) is 36.8 Å². The largest absolute Gasteiger partial charge is 0.338 e. The summed E-state index contributed by atoms with van der Waals surface area (Å²) in [5, 5.41) is 4.96. The molecule has 1 aliphatic carbocycles. The molecule has 7 heteroatoms. The number of hydrogen-bond donors (Lipinski definition) is 0. The second-order valence-corrected chi connectivity index (χ2v) is 8.91. The molecule has 0 unspecified atom stereocenters. The minimum absolute atomic E-state index is 0.0263. The summed E-state index contributed by atoms with van der Waals surface area (Å²) in [7, 11) is 0.